The fourth-order valence-corrected chi connectivity index (χ4v) is 4.59. The number of carbonyl (C=O) groups is 1. The highest BCUT2D eigenvalue weighted by molar-refractivity contribution is 6.06. The first-order valence-electron chi connectivity index (χ1n) is 12.2. The maximum absolute atomic E-state index is 8.52. The van der Waals surface area contributed by atoms with Gasteiger partial charge in [-0.2, -0.15) is 0 Å². The molecule has 0 aliphatic carbocycles. The summed E-state index contributed by atoms with van der Waals surface area (Å²) in [6, 6.07) is 11.5. The van der Waals surface area contributed by atoms with Crippen LogP contribution in [0.15, 0.2) is 43.5 Å². The Bertz CT molecular complexity index is 1100. The molecule has 0 unspecified atom stereocenters. The molecule has 1 aliphatic rings. The van der Waals surface area contributed by atoms with Gasteiger partial charge < -0.3 is 19.7 Å². The van der Waals surface area contributed by atoms with E-state index in [4.69, 9.17) is 15.0 Å². The van der Waals surface area contributed by atoms with E-state index in [9.17, 15) is 0 Å². The average molecular weight is 481 g/mol. The summed E-state index contributed by atoms with van der Waals surface area (Å²) >= 11 is 0. The van der Waals surface area contributed by atoms with Crippen LogP contribution in [-0.4, -0.2) is 40.4 Å². The van der Waals surface area contributed by atoms with Crippen LogP contribution in [0.25, 0.3) is 22.0 Å². The first-order chi connectivity index (χ1) is 16.5. The molecule has 0 amide bonds. The van der Waals surface area contributed by atoms with Gasteiger partial charge in [0, 0.05) is 31.2 Å². The minimum Gasteiger partial charge on any atom is -0.483 e. The number of carboxylic acid groups (broad SMARTS) is 1. The summed E-state index contributed by atoms with van der Waals surface area (Å²) < 4.78 is 2.56. The summed E-state index contributed by atoms with van der Waals surface area (Å²) in [4.78, 5) is 10.8. The van der Waals surface area contributed by atoms with Gasteiger partial charge in [0.15, 0.2) is 0 Å². The van der Waals surface area contributed by atoms with Crippen LogP contribution in [0.2, 0.25) is 0 Å². The Balaban J connectivity index is 0.000000530. The molecule has 0 saturated heterocycles. The predicted molar refractivity (Wildman–Crippen MR) is 151 cm³/mol. The van der Waals surface area contributed by atoms with E-state index in [0.717, 1.165) is 25.9 Å². The molecule has 35 heavy (non-hydrogen) atoms. The van der Waals surface area contributed by atoms with Crippen molar-refractivity contribution in [3.8, 4) is 11.1 Å². The zero-order valence-corrected chi connectivity index (χ0v) is 22.9. The molecule has 0 atom stereocenters. The van der Waals surface area contributed by atoms with Gasteiger partial charge in [-0.1, -0.05) is 43.7 Å². The maximum Gasteiger partial charge on any atom is 0.290 e. The van der Waals surface area contributed by atoms with Crippen molar-refractivity contribution in [3.63, 3.8) is 0 Å². The Labute approximate surface area is 211 Å². The number of nitrogens with zero attached hydrogens (tertiary/aromatic N) is 2. The highest BCUT2D eigenvalue weighted by Crippen LogP contribution is 2.44. The predicted octanol–water partition coefficient (Wildman–Crippen LogP) is 6.78. The van der Waals surface area contributed by atoms with Crippen molar-refractivity contribution in [2.24, 2.45) is 0 Å². The number of rotatable bonds is 3. The van der Waals surface area contributed by atoms with E-state index >= 15 is 0 Å². The minimum absolute atomic E-state index is 0.250. The van der Waals surface area contributed by atoms with E-state index in [1.807, 2.05) is 0 Å². The third-order valence-electron chi connectivity index (χ3n) is 5.88. The van der Waals surface area contributed by atoms with Crippen LogP contribution >= 0.6 is 0 Å². The van der Waals surface area contributed by atoms with Gasteiger partial charge in [0.2, 0.25) is 0 Å². The van der Waals surface area contributed by atoms with Crippen LogP contribution in [0.5, 0.6) is 0 Å². The van der Waals surface area contributed by atoms with E-state index in [0.29, 0.717) is 0 Å². The minimum atomic E-state index is -0.500. The lowest BCUT2D eigenvalue weighted by Gasteiger charge is -2.31. The largest absolute Gasteiger partial charge is 0.483 e. The second kappa shape index (κ2) is 13.1. The summed E-state index contributed by atoms with van der Waals surface area (Å²) in [6.07, 6.45) is 2.16. The number of aryl methyl sites for hydroxylation is 2. The van der Waals surface area contributed by atoms with Crippen LogP contribution in [0.1, 0.15) is 57.0 Å². The van der Waals surface area contributed by atoms with Gasteiger partial charge in [-0.15, -0.1) is 13.2 Å². The smallest absolute Gasteiger partial charge is 0.290 e. The molecule has 5 heteroatoms. The highest BCUT2D eigenvalue weighted by Gasteiger charge is 2.26. The number of aromatic nitrogens is 1. The number of aliphatic hydroxyl groups is 1. The van der Waals surface area contributed by atoms with Crippen LogP contribution in [0, 0.1) is 13.8 Å². The van der Waals surface area contributed by atoms with E-state index in [-0.39, 0.29) is 6.47 Å². The quantitative estimate of drug-likeness (QED) is 0.320. The third-order valence-corrected chi connectivity index (χ3v) is 5.88. The lowest BCUT2D eigenvalue weighted by Crippen LogP contribution is -2.29. The Hall–Kier alpha value is -3.05. The Morgan fingerprint density at radius 2 is 1.54 bits per heavy atom. The average Bonchev–Trinajstić information content (AvgIpc) is 3.17. The zero-order chi connectivity index (χ0) is 26.9. The zero-order valence-electron chi connectivity index (χ0n) is 22.9. The molecule has 192 valence electrons. The van der Waals surface area contributed by atoms with E-state index in [1.165, 1.54) is 50.1 Å². The Morgan fingerprint density at radius 1 is 1.03 bits per heavy atom. The molecule has 4 rings (SSSR count). The van der Waals surface area contributed by atoms with Crippen LogP contribution in [-0.2, 0) is 24.2 Å². The van der Waals surface area contributed by atoms with E-state index < -0.39 is 5.60 Å². The monoisotopic (exact) mass is 480 g/mol. The number of likely N-dealkylation sites (N-methyl/N-ethyl adjacent to an activating group) is 1. The number of benzene rings is 2. The third kappa shape index (κ3) is 7.22. The molecule has 0 saturated carbocycles. The lowest BCUT2D eigenvalue weighted by atomic mass is 9.89. The fourth-order valence-electron chi connectivity index (χ4n) is 4.59. The topological polar surface area (TPSA) is 65.7 Å². The Kier molecular flexibility index (Phi) is 11.3. The van der Waals surface area contributed by atoms with Crippen molar-refractivity contribution in [2.45, 2.75) is 73.5 Å². The number of hydrogen-bond acceptors (Lipinski definition) is 3. The SMILES string of the molecule is C=C.CC(C)(C)O.CCc1c(C)c2c3c(cc(CC)n3CCN2C)c1-c1ccc(C)cc1.O=CO. The summed E-state index contributed by atoms with van der Waals surface area (Å²) in [6.45, 7) is 22.2. The molecule has 0 spiro atoms. The van der Waals surface area contributed by atoms with Crippen molar-refractivity contribution in [1.29, 1.82) is 0 Å². The van der Waals surface area contributed by atoms with Crippen molar-refractivity contribution in [3.05, 3.63) is 65.9 Å². The lowest BCUT2D eigenvalue weighted by molar-refractivity contribution is -0.122. The van der Waals surface area contributed by atoms with Crippen LogP contribution in [0.4, 0.5) is 5.69 Å². The second-order valence-corrected chi connectivity index (χ2v) is 9.65. The van der Waals surface area contributed by atoms with Gasteiger partial charge in [-0.05, 0) is 75.8 Å². The molecule has 0 bridgehead atoms. The van der Waals surface area contributed by atoms with Crippen molar-refractivity contribution < 1.29 is 15.0 Å². The molecule has 0 fully saturated rings. The summed E-state index contributed by atoms with van der Waals surface area (Å²) in [5.74, 6) is 0. The van der Waals surface area contributed by atoms with Crippen LogP contribution in [0.3, 0.4) is 0 Å². The summed E-state index contributed by atoms with van der Waals surface area (Å²) in [7, 11) is 2.24. The van der Waals surface area contributed by atoms with E-state index in [2.05, 4.69) is 87.7 Å². The molecule has 0 radical (unpaired) electrons. The fraction of sp³-hybridized carbons (Fsp3) is 0.433. The molecule has 5 nitrogen and oxygen atoms in total. The summed E-state index contributed by atoms with van der Waals surface area (Å²) in [5, 5.41) is 16.8. The highest BCUT2D eigenvalue weighted by atomic mass is 16.3. The molecule has 1 aromatic heterocycles. The standard InChI is InChI=1S/C23H28N2.C4H10O.C2H4.CH2O2/c1-6-18-14-20-21(17-10-8-15(3)9-11-17)19(7-2)16(4)22-23(20)25(18)13-12-24(22)5;1-4(2,3)5;1-2;2-1-3/h8-11,14H,6-7,12-13H2,1-5H3;5H,1-3H3;1-2H2;1H,(H,2,3). The van der Waals surface area contributed by atoms with Gasteiger partial charge in [0.1, 0.15) is 0 Å². The first-order valence-corrected chi connectivity index (χ1v) is 12.2. The normalized spacial score (nSPS) is 12.0. The van der Waals surface area contributed by atoms with Gasteiger partial charge in [-0.25, -0.2) is 0 Å². The van der Waals surface area contributed by atoms with Crippen molar-refractivity contribution >= 4 is 23.1 Å². The molecule has 2 aromatic carbocycles. The second-order valence-electron chi connectivity index (χ2n) is 9.65. The number of anilines is 1. The Morgan fingerprint density at radius 3 is 2.00 bits per heavy atom. The van der Waals surface area contributed by atoms with Crippen LogP contribution < -0.4 is 4.90 Å². The maximum atomic E-state index is 8.52. The molecule has 2 heterocycles. The van der Waals surface area contributed by atoms with Crippen molar-refractivity contribution in [2.75, 3.05) is 18.5 Å². The van der Waals surface area contributed by atoms with Gasteiger partial charge in [0.05, 0.1) is 16.8 Å². The van der Waals surface area contributed by atoms with E-state index in [1.54, 1.807) is 20.8 Å². The molecular weight excluding hydrogens is 436 g/mol. The molecule has 2 N–H and O–H groups in total. The van der Waals surface area contributed by atoms with Gasteiger partial charge in [-0.3, -0.25) is 4.79 Å². The summed E-state index contributed by atoms with van der Waals surface area (Å²) in [5.41, 5.74) is 10.9. The number of hydrogen-bond donors (Lipinski definition) is 2. The molecule has 1 aliphatic heterocycles. The first kappa shape index (κ1) is 30.0. The van der Waals surface area contributed by atoms with Gasteiger partial charge >= 0.3 is 0 Å². The molecular formula is C30H44N2O3. The molecule has 3 aromatic rings. The van der Waals surface area contributed by atoms with Crippen molar-refractivity contribution in [1.82, 2.24) is 4.57 Å². The van der Waals surface area contributed by atoms with Gasteiger partial charge in [0.25, 0.3) is 6.47 Å².